The monoisotopic (exact) mass is 389 g/mol. The van der Waals surface area contributed by atoms with E-state index >= 15 is 0 Å². The Hall–Kier alpha value is -2.95. The highest BCUT2D eigenvalue weighted by Crippen LogP contribution is 2.51. The Morgan fingerprint density at radius 1 is 1.14 bits per heavy atom. The molecule has 4 nitrogen and oxygen atoms in total. The number of para-hydroxylation sites is 1. The molecule has 5 heteroatoms. The van der Waals surface area contributed by atoms with E-state index in [1.165, 1.54) is 6.07 Å². The fourth-order valence-electron chi connectivity index (χ4n) is 4.73. The number of nitrogen functional groups attached to an aromatic ring is 1. The lowest BCUT2D eigenvalue weighted by Gasteiger charge is -2.35. The topological polar surface area (TPSA) is 59.2 Å². The van der Waals surface area contributed by atoms with Crippen molar-refractivity contribution in [2.45, 2.75) is 37.0 Å². The number of carbonyl (C=O) groups excluding carboxylic acids is 1. The molecule has 1 aliphatic heterocycles. The Labute approximate surface area is 169 Å². The van der Waals surface area contributed by atoms with Gasteiger partial charge in [0.15, 0.2) is 0 Å². The van der Waals surface area contributed by atoms with Crippen LogP contribution in [0, 0.1) is 5.82 Å². The fourth-order valence-corrected chi connectivity index (χ4v) is 4.73. The minimum absolute atomic E-state index is 0.0478. The van der Waals surface area contributed by atoms with Crippen molar-refractivity contribution in [3.05, 3.63) is 71.7 Å². The predicted molar refractivity (Wildman–Crippen MR) is 112 cm³/mol. The predicted octanol–water partition coefficient (Wildman–Crippen LogP) is 4.39. The van der Waals surface area contributed by atoms with Gasteiger partial charge >= 0.3 is 0 Å². The second-order valence-electron chi connectivity index (χ2n) is 8.31. The zero-order valence-corrected chi connectivity index (χ0v) is 16.3. The van der Waals surface area contributed by atoms with Crippen LogP contribution in [0.1, 0.15) is 42.9 Å². The Bertz CT molecular complexity index is 1090. The molecule has 1 aromatic heterocycles. The third kappa shape index (κ3) is 3.05. The maximum Gasteiger partial charge on any atom is 0.233 e. The number of hydrogen-bond acceptors (Lipinski definition) is 3. The van der Waals surface area contributed by atoms with Crippen molar-refractivity contribution >= 4 is 22.5 Å². The molecule has 2 aliphatic rings. The van der Waals surface area contributed by atoms with Gasteiger partial charge in [0.05, 0.1) is 22.3 Å². The highest BCUT2D eigenvalue weighted by atomic mass is 19.1. The quantitative estimate of drug-likeness (QED) is 0.723. The van der Waals surface area contributed by atoms with Gasteiger partial charge in [-0.3, -0.25) is 9.78 Å². The van der Waals surface area contributed by atoms with E-state index in [-0.39, 0.29) is 17.6 Å². The number of piperidine rings is 1. The SMILES string of the molecule is Nc1cc2ccccc2nc1[C@H]1CCCN(C(=O)C2(c3ccccc3F)CC2)C1. The molecular formula is C24H24FN3O. The van der Waals surface area contributed by atoms with Crippen molar-refractivity contribution in [3.8, 4) is 0 Å². The zero-order valence-electron chi connectivity index (χ0n) is 16.3. The van der Waals surface area contributed by atoms with Gasteiger partial charge in [-0.05, 0) is 43.9 Å². The maximum atomic E-state index is 14.4. The van der Waals surface area contributed by atoms with Gasteiger partial charge in [-0.15, -0.1) is 0 Å². The first-order valence-corrected chi connectivity index (χ1v) is 10.3. The van der Waals surface area contributed by atoms with E-state index in [1.807, 2.05) is 41.3 Å². The van der Waals surface area contributed by atoms with E-state index in [0.29, 0.717) is 37.2 Å². The number of aromatic nitrogens is 1. The second-order valence-corrected chi connectivity index (χ2v) is 8.31. The molecule has 5 rings (SSSR count). The van der Waals surface area contributed by atoms with Crippen LogP contribution in [0.15, 0.2) is 54.6 Å². The number of halogens is 1. The average Bonchev–Trinajstić information content (AvgIpc) is 3.55. The van der Waals surface area contributed by atoms with Crippen molar-refractivity contribution < 1.29 is 9.18 Å². The molecule has 29 heavy (non-hydrogen) atoms. The number of fused-ring (bicyclic) bond motifs is 1. The average molecular weight is 389 g/mol. The molecule has 0 unspecified atom stereocenters. The van der Waals surface area contributed by atoms with Gasteiger partial charge in [-0.1, -0.05) is 36.4 Å². The van der Waals surface area contributed by atoms with Gasteiger partial charge in [0, 0.05) is 30.0 Å². The smallest absolute Gasteiger partial charge is 0.233 e. The van der Waals surface area contributed by atoms with Crippen LogP contribution >= 0.6 is 0 Å². The molecule has 1 saturated heterocycles. The number of amides is 1. The highest BCUT2D eigenvalue weighted by Gasteiger charge is 2.54. The lowest BCUT2D eigenvalue weighted by molar-refractivity contribution is -0.135. The third-order valence-corrected chi connectivity index (χ3v) is 6.43. The number of anilines is 1. The summed E-state index contributed by atoms with van der Waals surface area (Å²) in [5, 5.41) is 1.02. The normalized spacial score (nSPS) is 20.6. The first-order chi connectivity index (χ1) is 14.1. The van der Waals surface area contributed by atoms with Crippen molar-refractivity contribution in [2.75, 3.05) is 18.8 Å². The van der Waals surface area contributed by atoms with Crippen molar-refractivity contribution in [1.82, 2.24) is 9.88 Å². The van der Waals surface area contributed by atoms with Crippen LogP contribution < -0.4 is 5.73 Å². The molecule has 1 saturated carbocycles. The van der Waals surface area contributed by atoms with E-state index in [2.05, 4.69) is 0 Å². The lowest BCUT2D eigenvalue weighted by Crippen LogP contribution is -2.45. The molecule has 1 atom stereocenters. The summed E-state index contributed by atoms with van der Waals surface area (Å²) >= 11 is 0. The number of benzene rings is 2. The summed E-state index contributed by atoms with van der Waals surface area (Å²) in [5.74, 6) is -0.132. The van der Waals surface area contributed by atoms with E-state index in [9.17, 15) is 9.18 Å². The molecule has 2 fully saturated rings. The van der Waals surface area contributed by atoms with Crippen molar-refractivity contribution in [1.29, 1.82) is 0 Å². The van der Waals surface area contributed by atoms with Gasteiger partial charge in [-0.2, -0.15) is 0 Å². The summed E-state index contributed by atoms with van der Waals surface area (Å²) in [6, 6.07) is 16.6. The highest BCUT2D eigenvalue weighted by molar-refractivity contribution is 5.91. The van der Waals surface area contributed by atoms with Crippen LogP contribution in [0.5, 0.6) is 0 Å². The maximum absolute atomic E-state index is 14.4. The molecule has 2 N–H and O–H groups in total. The molecule has 0 spiro atoms. The summed E-state index contributed by atoms with van der Waals surface area (Å²) in [4.78, 5) is 20.1. The summed E-state index contributed by atoms with van der Waals surface area (Å²) < 4.78 is 14.4. The van der Waals surface area contributed by atoms with Crippen LogP contribution in [0.25, 0.3) is 10.9 Å². The lowest BCUT2D eigenvalue weighted by atomic mass is 9.89. The number of nitrogens with zero attached hydrogens (tertiary/aromatic N) is 2. The van der Waals surface area contributed by atoms with Crippen LogP contribution in [0.4, 0.5) is 10.1 Å². The van der Waals surface area contributed by atoms with Gasteiger partial charge in [0.1, 0.15) is 5.82 Å². The van der Waals surface area contributed by atoms with E-state index < -0.39 is 5.41 Å². The largest absolute Gasteiger partial charge is 0.397 e. The summed E-state index contributed by atoms with van der Waals surface area (Å²) in [6.45, 7) is 1.30. The number of nitrogens with two attached hydrogens (primary N) is 1. The first kappa shape index (κ1) is 18.1. The molecule has 3 aromatic rings. The minimum atomic E-state index is -0.685. The summed E-state index contributed by atoms with van der Waals surface area (Å²) in [6.07, 6.45) is 3.28. The van der Waals surface area contributed by atoms with Gasteiger partial charge < -0.3 is 10.6 Å². The zero-order chi connectivity index (χ0) is 20.0. The van der Waals surface area contributed by atoms with Crippen LogP contribution in [-0.4, -0.2) is 28.9 Å². The van der Waals surface area contributed by atoms with Gasteiger partial charge in [0.25, 0.3) is 0 Å². The van der Waals surface area contributed by atoms with Crippen LogP contribution in [-0.2, 0) is 10.2 Å². The fraction of sp³-hybridized carbons (Fsp3) is 0.333. The van der Waals surface area contributed by atoms with Crippen LogP contribution in [0.3, 0.4) is 0 Å². The summed E-state index contributed by atoms with van der Waals surface area (Å²) in [7, 11) is 0. The van der Waals surface area contributed by atoms with Crippen molar-refractivity contribution in [3.63, 3.8) is 0 Å². The second kappa shape index (κ2) is 6.83. The molecule has 2 heterocycles. The molecule has 0 radical (unpaired) electrons. The number of likely N-dealkylation sites (tertiary alicyclic amines) is 1. The Kier molecular flexibility index (Phi) is 4.26. The number of rotatable bonds is 3. The molecule has 148 valence electrons. The Balaban J connectivity index is 1.42. The molecule has 0 bridgehead atoms. The van der Waals surface area contributed by atoms with Gasteiger partial charge in [-0.25, -0.2) is 4.39 Å². The minimum Gasteiger partial charge on any atom is -0.397 e. The van der Waals surface area contributed by atoms with E-state index in [1.54, 1.807) is 12.1 Å². The Morgan fingerprint density at radius 3 is 2.69 bits per heavy atom. The molecular weight excluding hydrogens is 365 g/mol. The number of pyridine rings is 1. The van der Waals surface area contributed by atoms with Crippen LogP contribution in [0.2, 0.25) is 0 Å². The van der Waals surface area contributed by atoms with Crippen molar-refractivity contribution in [2.24, 2.45) is 0 Å². The first-order valence-electron chi connectivity index (χ1n) is 10.3. The molecule has 1 amide bonds. The Morgan fingerprint density at radius 2 is 1.90 bits per heavy atom. The van der Waals surface area contributed by atoms with E-state index in [4.69, 9.17) is 10.7 Å². The molecule has 1 aliphatic carbocycles. The standard InChI is InChI=1S/C24H24FN3O/c25-19-9-3-2-8-18(19)24(11-12-24)23(29)28-13-5-7-17(15-28)22-20(26)14-16-6-1-4-10-21(16)27-22/h1-4,6,8-10,14,17H,5,7,11-13,15,26H2/t17-/m0/s1. The number of carbonyl (C=O) groups is 1. The van der Waals surface area contributed by atoms with E-state index in [0.717, 1.165) is 29.4 Å². The molecule has 2 aromatic carbocycles. The van der Waals surface area contributed by atoms with Gasteiger partial charge in [0.2, 0.25) is 5.91 Å². The summed E-state index contributed by atoms with van der Waals surface area (Å²) in [5.41, 5.74) is 8.66. The third-order valence-electron chi connectivity index (χ3n) is 6.43. The number of hydrogen-bond donors (Lipinski definition) is 1.